The Labute approximate surface area is 141 Å². The highest BCUT2D eigenvalue weighted by Gasteiger charge is 2.42. The number of hydrogen-bond acceptors (Lipinski definition) is 4. The van der Waals surface area contributed by atoms with Crippen molar-refractivity contribution in [2.75, 3.05) is 5.75 Å². The van der Waals surface area contributed by atoms with Gasteiger partial charge in [0.2, 0.25) is 11.8 Å². The molecule has 4 amide bonds. The fourth-order valence-corrected chi connectivity index (χ4v) is 4.63. The molecule has 7 heteroatoms. The molecule has 3 atom stereocenters. The van der Waals surface area contributed by atoms with Gasteiger partial charge in [-0.3, -0.25) is 14.9 Å². The van der Waals surface area contributed by atoms with Crippen LogP contribution in [0.15, 0.2) is 0 Å². The van der Waals surface area contributed by atoms with Gasteiger partial charge in [0.15, 0.2) is 0 Å². The number of amides is 4. The van der Waals surface area contributed by atoms with Gasteiger partial charge >= 0.3 is 6.03 Å². The van der Waals surface area contributed by atoms with Gasteiger partial charge in [-0.2, -0.15) is 11.8 Å². The lowest BCUT2D eigenvalue weighted by molar-refractivity contribution is -0.130. The van der Waals surface area contributed by atoms with E-state index in [-0.39, 0.29) is 29.9 Å². The van der Waals surface area contributed by atoms with Crippen molar-refractivity contribution >= 4 is 29.6 Å². The molecule has 2 rings (SSSR count). The summed E-state index contributed by atoms with van der Waals surface area (Å²) >= 11 is 1.89. The number of unbranched alkanes of at least 4 members (excludes halogenated alkanes) is 3. The van der Waals surface area contributed by atoms with Crippen molar-refractivity contribution < 1.29 is 14.4 Å². The molecule has 3 N–H and O–H groups in total. The van der Waals surface area contributed by atoms with Gasteiger partial charge in [0.25, 0.3) is 0 Å². The topological polar surface area (TPSA) is 87.3 Å². The van der Waals surface area contributed by atoms with Gasteiger partial charge in [0.05, 0.1) is 12.1 Å². The van der Waals surface area contributed by atoms with Crippen LogP contribution in [0.25, 0.3) is 0 Å². The van der Waals surface area contributed by atoms with Gasteiger partial charge in [-0.1, -0.05) is 26.2 Å². The Hall–Kier alpha value is -1.24. The van der Waals surface area contributed by atoms with E-state index in [1.807, 2.05) is 11.8 Å². The van der Waals surface area contributed by atoms with Crippen LogP contribution in [0.2, 0.25) is 0 Å². The third-order valence-electron chi connectivity index (χ3n) is 4.37. The Morgan fingerprint density at radius 3 is 2.52 bits per heavy atom. The third kappa shape index (κ3) is 5.71. The van der Waals surface area contributed by atoms with Crippen molar-refractivity contribution in [1.29, 1.82) is 0 Å². The van der Waals surface area contributed by atoms with Crippen LogP contribution in [-0.2, 0) is 9.59 Å². The van der Waals surface area contributed by atoms with Crippen LogP contribution in [0.4, 0.5) is 4.79 Å². The molecule has 0 aromatic rings. The van der Waals surface area contributed by atoms with E-state index in [1.54, 1.807) is 0 Å². The predicted molar refractivity (Wildman–Crippen MR) is 91.2 cm³/mol. The average molecular weight is 341 g/mol. The molecule has 2 aliphatic rings. The van der Waals surface area contributed by atoms with Gasteiger partial charge in [0, 0.05) is 23.8 Å². The van der Waals surface area contributed by atoms with Crippen LogP contribution >= 0.6 is 11.8 Å². The minimum atomic E-state index is -0.167. The van der Waals surface area contributed by atoms with E-state index in [0.29, 0.717) is 18.1 Å². The van der Waals surface area contributed by atoms with Crippen LogP contribution in [0, 0.1) is 0 Å². The monoisotopic (exact) mass is 341 g/mol. The van der Waals surface area contributed by atoms with Crippen LogP contribution in [0.1, 0.15) is 58.3 Å². The Morgan fingerprint density at radius 2 is 1.83 bits per heavy atom. The van der Waals surface area contributed by atoms with Crippen molar-refractivity contribution in [2.45, 2.75) is 75.6 Å². The Balaban J connectivity index is 1.54. The average Bonchev–Trinajstić information content (AvgIpc) is 3.03. The van der Waals surface area contributed by atoms with Gasteiger partial charge in [-0.05, 0) is 19.3 Å². The first-order chi connectivity index (χ1) is 11.1. The van der Waals surface area contributed by atoms with Crippen molar-refractivity contribution in [3.8, 4) is 0 Å². The molecule has 0 aliphatic carbocycles. The van der Waals surface area contributed by atoms with E-state index in [0.717, 1.165) is 44.3 Å². The van der Waals surface area contributed by atoms with E-state index in [4.69, 9.17) is 0 Å². The van der Waals surface area contributed by atoms with Gasteiger partial charge < -0.3 is 10.6 Å². The molecule has 130 valence electrons. The normalized spacial score (nSPS) is 25.6. The summed E-state index contributed by atoms with van der Waals surface area (Å²) in [5, 5.41) is 8.78. The molecule has 2 fully saturated rings. The highest BCUT2D eigenvalue weighted by molar-refractivity contribution is 8.00. The highest BCUT2D eigenvalue weighted by atomic mass is 32.2. The maximum atomic E-state index is 11.7. The molecule has 2 heterocycles. The van der Waals surface area contributed by atoms with Crippen LogP contribution in [-0.4, -0.2) is 40.9 Å². The second-order valence-electron chi connectivity index (χ2n) is 6.30. The molecule has 0 saturated carbocycles. The zero-order valence-electron chi connectivity index (χ0n) is 13.7. The SMILES string of the molecule is CCCCCC(=O)NC(=O)CCCC[C@@H]1SC[C@@H]2NC(=O)N[C@@H]21. The number of hydrogen-bond donors (Lipinski definition) is 3. The molecule has 23 heavy (non-hydrogen) atoms. The number of rotatable bonds is 9. The fraction of sp³-hybridized carbons (Fsp3) is 0.812. The van der Waals surface area contributed by atoms with E-state index >= 15 is 0 Å². The fourth-order valence-electron chi connectivity index (χ4n) is 3.09. The zero-order valence-corrected chi connectivity index (χ0v) is 14.5. The number of imide groups is 1. The zero-order chi connectivity index (χ0) is 16.7. The quantitative estimate of drug-likeness (QED) is 0.442. The van der Waals surface area contributed by atoms with Crippen molar-refractivity contribution in [3.05, 3.63) is 0 Å². The van der Waals surface area contributed by atoms with Crippen LogP contribution in [0.5, 0.6) is 0 Å². The van der Waals surface area contributed by atoms with Crippen molar-refractivity contribution in [3.63, 3.8) is 0 Å². The lowest BCUT2D eigenvalue weighted by Gasteiger charge is -2.16. The summed E-state index contributed by atoms with van der Waals surface area (Å²) in [6.45, 7) is 2.08. The Bertz CT molecular complexity index is 444. The Morgan fingerprint density at radius 1 is 1.13 bits per heavy atom. The van der Waals surface area contributed by atoms with Crippen molar-refractivity contribution in [2.24, 2.45) is 0 Å². The van der Waals surface area contributed by atoms with Crippen LogP contribution < -0.4 is 16.0 Å². The summed E-state index contributed by atoms with van der Waals surface area (Å²) in [6.07, 6.45) is 6.48. The molecule has 0 radical (unpaired) electrons. The van der Waals surface area contributed by atoms with Gasteiger partial charge in [0.1, 0.15) is 0 Å². The molecular formula is C16H27N3O3S. The minimum absolute atomic E-state index is 0.0636. The molecular weight excluding hydrogens is 314 g/mol. The van der Waals surface area contributed by atoms with Gasteiger partial charge in [-0.25, -0.2) is 4.79 Å². The summed E-state index contributed by atoms with van der Waals surface area (Å²) < 4.78 is 0. The lowest BCUT2D eigenvalue weighted by atomic mass is 10.0. The molecule has 0 bridgehead atoms. The second-order valence-corrected chi connectivity index (χ2v) is 7.57. The molecule has 6 nitrogen and oxygen atoms in total. The molecule has 0 unspecified atom stereocenters. The number of nitrogens with one attached hydrogen (secondary N) is 3. The molecule has 0 spiro atoms. The number of thioether (sulfide) groups is 1. The number of urea groups is 1. The van der Waals surface area contributed by atoms with E-state index < -0.39 is 0 Å². The van der Waals surface area contributed by atoms with E-state index in [2.05, 4.69) is 22.9 Å². The first-order valence-electron chi connectivity index (χ1n) is 8.61. The first kappa shape index (κ1) is 18.1. The second kappa shape index (κ2) is 9.15. The van der Waals surface area contributed by atoms with Crippen molar-refractivity contribution in [1.82, 2.24) is 16.0 Å². The smallest absolute Gasteiger partial charge is 0.315 e. The molecule has 0 aromatic carbocycles. The third-order valence-corrected chi connectivity index (χ3v) is 5.88. The summed E-state index contributed by atoms with van der Waals surface area (Å²) in [5.41, 5.74) is 0. The molecule has 2 saturated heterocycles. The van der Waals surface area contributed by atoms with E-state index in [9.17, 15) is 14.4 Å². The largest absolute Gasteiger partial charge is 0.332 e. The first-order valence-corrected chi connectivity index (χ1v) is 9.66. The standard InChI is InChI=1S/C16H27N3O3S/c1-2-3-4-8-13(20)18-14(21)9-6-5-7-12-15-11(10-23-12)17-16(22)19-15/h11-12,15H,2-10H2,1H3,(H2,17,19,22)(H,18,20,21)/t11-,12-,15-/m0/s1. The Kier molecular flexibility index (Phi) is 7.20. The summed E-state index contributed by atoms with van der Waals surface area (Å²) in [4.78, 5) is 34.5. The summed E-state index contributed by atoms with van der Waals surface area (Å²) in [7, 11) is 0. The maximum Gasteiger partial charge on any atom is 0.315 e. The minimum Gasteiger partial charge on any atom is -0.332 e. The van der Waals surface area contributed by atoms with E-state index in [1.165, 1.54) is 0 Å². The number of carbonyl (C=O) groups is 3. The molecule has 2 aliphatic heterocycles. The summed E-state index contributed by atoms with van der Waals surface area (Å²) in [6, 6.07) is 0.411. The predicted octanol–water partition coefficient (Wildman–Crippen LogP) is 1.94. The van der Waals surface area contributed by atoms with Gasteiger partial charge in [-0.15, -0.1) is 0 Å². The lowest BCUT2D eigenvalue weighted by Crippen LogP contribution is -2.36. The maximum absolute atomic E-state index is 11.7. The molecule has 0 aromatic heterocycles. The van der Waals surface area contributed by atoms with Crippen LogP contribution in [0.3, 0.4) is 0 Å². The summed E-state index contributed by atoms with van der Waals surface area (Å²) in [5.74, 6) is 0.637. The highest BCUT2D eigenvalue weighted by Crippen LogP contribution is 2.33. The number of carbonyl (C=O) groups excluding carboxylic acids is 3. The number of fused-ring (bicyclic) bond motifs is 1.